The number of hydrogen-bond acceptors (Lipinski definition) is 3. The van der Waals surface area contributed by atoms with E-state index in [0.717, 1.165) is 27.0 Å². The summed E-state index contributed by atoms with van der Waals surface area (Å²) >= 11 is 0. The smallest absolute Gasteiger partial charge is 0.326 e. The molecule has 0 fully saturated rings. The van der Waals surface area contributed by atoms with Crippen molar-refractivity contribution in [1.82, 2.24) is 4.98 Å². The molecule has 1 aliphatic rings. The zero-order valence-electron chi connectivity index (χ0n) is 14.9. The number of aromatic nitrogens is 1. The number of carbonyl (C=O) groups excluding carboxylic acids is 1. The largest absolute Gasteiger partial charge is 0.344 e. The molecule has 0 saturated carbocycles. The zero-order chi connectivity index (χ0) is 19.7. The predicted octanol–water partition coefficient (Wildman–Crippen LogP) is 3.00. The van der Waals surface area contributed by atoms with Crippen LogP contribution in [0.4, 0.5) is 14.5 Å². The van der Waals surface area contributed by atoms with Gasteiger partial charge in [-0.1, -0.05) is 0 Å². The maximum Gasteiger partial charge on any atom is 0.344 e. The highest BCUT2D eigenvalue weighted by atomic mass is 32.2. The molecule has 8 heteroatoms. The molecule has 0 radical (unpaired) electrons. The summed E-state index contributed by atoms with van der Waals surface area (Å²) in [5.41, 5.74) is 8.47. The van der Waals surface area contributed by atoms with E-state index in [4.69, 9.17) is 5.73 Å². The van der Waals surface area contributed by atoms with E-state index in [1.807, 2.05) is 29.8 Å². The van der Waals surface area contributed by atoms with Crippen molar-refractivity contribution in [3.8, 4) is 4.90 Å². The fourth-order valence-electron chi connectivity index (χ4n) is 3.25. The van der Waals surface area contributed by atoms with Gasteiger partial charge in [-0.15, -0.1) is 0 Å². The molecule has 0 saturated heterocycles. The molecule has 2 heterocycles. The quantitative estimate of drug-likeness (QED) is 0.575. The fraction of sp³-hybridized carbons (Fsp3) is 0.200. The number of carbonyl (C=O) groups is 1. The van der Waals surface area contributed by atoms with Crippen molar-refractivity contribution in [2.24, 2.45) is 10.7 Å². The Hall–Kier alpha value is -2.84. The molecule has 144 valence electrons. The number of hydrogen-bond donors (Lipinski definition) is 3. The van der Waals surface area contributed by atoms with Crippen molar-refractivity contribution in [2.45, 2.75) is 18.9 Å². The summed E-state index contributed by atoms with van der Waals surface area (Å²) in [4.78, 5) is 21.1. The van der Waals surface area contributed by atoms with Crippen LogP contribution >= 0.6 is 10.5 Å². The Morgan fingerprint density at radius 1 is 1.18 bits per heavy atom. The Balaban J connectivity index is 1.52. The standard InChI is InChI=1S/C20H18F2N4OS/c21-14-5-12(6-15(22)10-14)7-16(23)11-25-20-24-3-4-28(20)17-1-2-18-13(8-17)9-19(27)26-18/h1-6,8,10,16H,7,9,11,23H2,(H-,24,25,26,27)/p+1/t16-,28?/m0/s1. The van der Waals surface area contributed by atoms with Crippen molar-refractivity contribution < 1.29 is 13.6 Å². The number of halogens is 2. The molecule has 0 spiro atoms. The number of amides is 1. The third-order valence-corrected chi connectivity index (χ3v) is 6.30. The number of anilines is 1. The Morgan fingerprint density at radius 2 is 1.96 bits per heavy atom. The van der Waals surface area contributed by atoms with Crippen molar-refractivity contribution in [2.75, 3.05) is 11.9 Å². The average Bonchev–Trinajstić information content (AvgIpc) is 3.23. The molecule has 4 N–H and O–H groups in total. The predicted molar refractivity (Wildman–Crippen MR) is 105 cm³/mol. The molecule has 1 unspecified atom stereocenters. The summed E-state index contributed by atoms with van der Waals surface area (Å²) in [6, 6.07) is 8.98. The number of thiazole rings is 1. The van der Waals surface area contributed by atoms with E-state index in [0.29, 0.717) is 24.9 Å². The van der Waals surface area contributed by atoms with Crippen LogP contribution < -0.4 is 15.9 Å². The van der Waals surface area contributed by atoms with Gasteiger partial charge in [0.25, 0.3) is 0 Å². The topological polar surface area (TPSA) is 83.3 Å². The molecule has 5 nitrogen and oxygen atoms in total. The first-order valence-electron chi connectivity index (χ1n) is 8.82. The van der Waals surface area contributed by atoms with E-state index < -0.39 is 11.6 Å². The van der Waals surface area contributed by atoms with Crippen molar-refractivity contribution in [1.29, 1.82) is 0 Å². The van der Waals surface area contributed by atoms with Gasteiger partial charge in [0, 0.05) is 29.9 Å². The third kappa shape index (κ3) is 4.02. The second-order valence-electron chi connectivity index (χ2n) is 6.72. The second kappa shape index (κ2) is 7.65. The highest BCUT2D eigenvalue weighted by molar-refractivity contribution is 7.36. The molecule has 2 aromatic carbocycles. The Morgan fingerprint density at radius 3 is 2.75 bits per heavy atom. The molecule has 3 aromatic rings. The van der Waals surface area contributed by atoms with Crippen LogP contribution in [0, 0.1) is 11.6 Å². The van der Waals surface area contributed by atoms with Gasteiger partial charge in [0.1, 0.15) is 11.6 Å². The summed E-state index contributed by atoms with van der Waals surface area (Å²) in [5.74, 6) is -1.22. The van der Waals surface area contributed by atoms with Crippen LogP contribution in [0.3, 0.4) is 0 Å². The number of nitrogens with zero attached hydrogens (tertiary/aromatic N) is 1. The molecule has 0 aliphatic carbocycles. The minimum absolute atomic E-state index is 0.00391. The molecule has 1 aliphatic heterocycles. The SMILES string of the molecule is N[C@H](CN=c1[nH]cc[s+]1-c1ccc2c(c1)CC(=O)N2)Cc1cc(F)cc(F)c1. The lowest BCUT2D eigenvalue weighted by Gasteiger charge is -2.08. The third-order valence-electron chi connectivity index (χ3n) is 4.46. The molecule has 1 amide bonds. The van der Waals surface area contributed by atoms with Crippen LogP contribution in [-0.2, 0) is 17.6 Å². The van der Waals surface area contributed by atoms with Crippen LogP contribution in [0.15, 0.2) is 53.0 Å². The van der Waals surface area contributed by atoms with Crippen LogP contribution in [0.1, 0.15) is 11.1 Å². The fourth-order valence-corrected chi connectivity index (χ4v) is 4.85. The lowest BCUT2D eigenvalue weighted by molar-refractivity contribution is -0.115. The maximum absolute atomic E-state index is 13.3. The minimum atomic E-state index is -0.610. The number of fused-ring (bicyclic) bond motifs is 1. The first-order chi connectivity index (χ1) is 13.5. The number of aromatic amines is 1. The van der Waals surface area contributed by atoms with E-state index >= 15 is 0 Å². The number of nitrogens with one attached hydrogen (secondary N) is 2. The van der Waals surface area contributed by atoms with Crippen LogP contribution in [0.2, 0.25) is 0 Å². The molecule has 2 atom stereocenters. The summed E-state index contributed by atoms with van der Waals surface area (Å²) in [5, 5.41) is 4.85. The van der Waals surface area contributed by atoms with Crippen LogP contribution in [-0.4, -0.2) is 23.5 Å². The Kier molecular flexibility index (Phi) is 5.06. The number of nitrogens with two attached hydrogens (primary N) is 1. The van der Waals surface area contributed by atoms with Crippen LogP contribution in [0.5, 0.6) is 0 Å². The number of rotatable bonds is 5. The first kappa shape index (κ1) is 18.5. The van der Waals surface area contributed by atoms with Gasteiger partial charge >= 0.3 is 4.80 Å². The molecule has 28 heavy (non-hydrogen) atoms. The van der Waals surface area contributed by atoms with Gasteiger partial charge in [-0.2, -0.15) is 0 Å². The van der Waals surface area contributed by atoms with E-state index in [1.165, 1.54) is 12.1 Å². The highest BCUT2D eigenvalue weighted by Gasteiger charge is 2.21. The lowest BCUT2D eigenvalue weighted by atomic mass is 10.1. The summed E-state index contributed by atoms with van der Waals surface area (Å²) in [6.45, 7) is 0.330. The molecule has 4 rings (SSSR count). The van der Waals surface area contributed by atoms with Crippen LogP contribution in [0.25, 0.3) is 4.90 Å². The van der Waals surface area contributed by atoms with Gasteiger partial charge in [-0.3, -0.25) is 9.78 Å². The Labute approximate surface area is 162 Å². The lowest BCUT2D eigenvalue weighted by Crippen LogP contribution is -2.27. The Bertz CT molecular complexity index is 1090. The van der Waals surface area contributed by atoms with Crippen molar-refractivity contribution in [3.63, 3.8) is 0 Å². The number of benzene rings is 2. The first-order valence-corrected chi connectivity index (χ1v) is 10.1. The monoisotopic (exact) mass is 401 g/mol. The number of H-pyrrole nitrogens is 1. The van der Waals surface area contributed by atoms with Gasteiger partial charge < -0.3 is 11.1 Å². The summed E-state index contributed by atoms with van der Waals surface area (Å²) < 4.78 is 26.6. The molecule has 1 aromatic heterocycles. The normalized spacial score (nSPS) is 15.5. The molecular formula is C20H19F2N4OS+. The average molecular weight is 401 g/mol. The highest BCUT2D eigenvalue weighted by Crippen LogP contribution is 2.31. The van der Waals surface area contributed by atoms with Gasteiger partial charge in [0.2, 0.25) is 5.91 Å². The second-order valence-corrected chi connectivity index (χ2v) is 8.52. The molecule has 0 bridgehead atoms. The molecular weight excluding hydrogens is 382 g/mol. The van der Waals surface area contributed by atoms with Crippen molar-refractivity contribution >= 4 is 22.1 Å². The van der Waals surface area contributed by atoms with E-state index in [1.54, 1.807) is 0 Å². The summed E-state index contributed by atoms with van der Waals surface area (Å²) in [6.07, 6.45) is 2.56. The zero-order valence-corrected chi connectivity index (χ0v) is 15.7. The van der Waals surface area contributed by atoms with E-state index in [2.05, 4.69) is 15.3 Å². The van der Waals surface area contributed by atoms with Gasteiger partial charge in [-0.05, 0) is 35.7 Å². The maximum atomic E-state index is 13.3. The van der Waals surface area contributed by atoms with Crippen molar-refractivity contribution in [3.05, 3.63) is 75.5 Å². The van der Waals surface area contributed by atoms with E-state index in [-0.39, 0.29) is 22.4 Å². The van der Waals surface area contributed by atoms with Gasteiger partial charge in [0.05, 0.1) is 29.6 Å². The summed E-state index contributed by atoms with van der Waals surface area (Å²) in [7, 11) is -0.359. The van der Waals surface area contributed by atoms with Gasteiger partial charge in [0.15, 0.2) is 10.3 Å². The van der Waals surface area contributed by atoms with Gasteiger partial charge in [-0.25, -0.2) is 13.8 Å². The minimum Gasteiger partial charge on any atom is -0.326 e. The van der Waals surface area contributed by atoms with E-state index in [9.17, 15) is 13.6 Å².